The van der Waals surface area contributed by atoms with Crippen LogP contribution in [0.5, 0.6) is 0 Å². The third-order valence-corrected chi connectivity index (χ3v) is 12.9. The molecule has 0 aliphatic heterocycles. The lowest BCUT2D eigenvalue weighted by Crippen LogP contribution is -2.16. The van der Waals surface area contributed by atoms with Gasteiger partial charge in [-0.15, -0.1) is 0 Å². The van der Waals surface area contributed by atoms with Gasteiger partial charge in [0.2, 0.25) is 0 Å². The zero-order chi connectivity index (χ0) is 38.5. The fourth-order valence-electron chi connectivity index (χ4n) is 10.4. The van der Waals surface area contributed by atoms with Crippen molar-refractivity contribution in [3.63, 3.8) is 0 Å². The lowest BCUT2D eigenvalue weighted by atomic mass is 9.79. The maximum absolute atomic E-state index is 4.96. The molecule has 2 aliphatic carbocycles. The molecule has 0 fully saturated rings. The number of rotatable bonds is 4. The molecule has 10 aromatic rings. The normalized spacial score (nSPS) is 13.7. The number of hydrogen-bond acceptors (Lipinski definition) is 2. The zero-order valence-electron chi connectivity index (χ0n) is 32.5. The second-order valence-electron chi connectivity index (χ2n) is 16.5. The summed E-state index contributed by atoms with van der Waals surface area (Å²) < 4.78 is 2.56. The van der Waals surface area contributed by atoms with Crippen LogP contribution in [0.15, 0.2) is 176 Å². The summed E-state index contributed by atoms with van der Waals surface area (Å²) in [5, 5.41) is 5.29. The molecule has 2 aromatic heterocycles. The van der Waals surface area contributed by atoms with Gasteiger partial charge in [-0.05, 0) is 104 Å². The summed E-state index contributed by atoms with van der Waals surface area (Å²) in [7, 11) is 0. The SMILES string of the molecule is CC1(C)c2ccccc2-c2c1c1c(c3cc4c(cc23)Cc2ccccc2C4)c2ccccc2n1-c1cccc(-c2c(-c3ccccc3)ncnc2-c2ccccc2)c1. The van der Waals surface area contributed by atoms with E-state index in [9.17, 15) is 0 Å². The second-order valence-corrected chi connectivity index (χ2v) is 16.5. The fraction of sp³-hybridized carbons (Fsp3) is 0.0909. The molecule has 0 N–H and O–H groups in total. The summed E-state index contributed by atoms with van der Waals surface area (Å²) in [5.41, 5.74) is 20.7. The summed E-state index contributed by atoms with van der Waals surface area (Å²) in [5.74, 6) is 0. The van der Waals surface area contributed by atoms with Gasteiger partial charge in [-0.2, -0.15) is 0 Å². The van der Waals surface area contributed by atoms with Crippen LogP contribution in [-0.4, -0.2) is 14.5 Å². The molecule has 2 aliphatic rings. The number of benzene rings is 8. The average Bonchev–Trinajstić information content (AvgIpc) is 3.74. The van der Waals surface area contributed by atoms with Gasteiger partial charge in [-0.25, -0.2) is 9.97 Å². The van der Waals surface area contributed by atoms with Gasteiger partial charge in [-0.1, -0.05) is 153 Å². The second kappa shape index (κ2) is 12.4. The third kappa shape index (κ3) is 4.74. The van der Waals surface area contributed by atoms with Crippen molar-refractivity contribution in [2.75, 3.05) is 0 Å². The lowest BCUT2D eigenvalue weighted by molar-refractivity contribution is 0.664. The number of aromatic nitrogens is 3. The van der Waals surface area contributed by atoms with Crippen molar-refractivity contribution in [3.8, 4) is 50.5 Å². The van der Waals surface area contributed by atoms with E-state index in [1.807, 2.05) is 0 Å². The number of para-hydroxylation sites is 1. The van der Waals surface area contributed by atoms with Crippen LogP contribution in [0, 0.1) is 0 Å². The van der Waals surface area contributed by atoms with E-state index in [1.165, 1.54) is 77.1 Å². The highest BCUT2D eigenvalue weighted by atomic mass is 15.0. The predicted molar refractivity (Wildman–Crippen MR) is 240 cm³/mol. The van der Waals surface area contributed by atoms with Crippen molar-refractivity contribution < 1.29 is 0 Å². The van der Waals surface area contributed by atoms with Crippen LogP contribution in [0.2, 0.25) is 0 Å². The van der Waals surface area contributed by atoms with Crippen molar-refractivity contribution in [1.29, 1.82) is 0 Å². The van der Waals surface area contributed by atoms with Crippen LogP contribution in [-0.2, 0) is 18.3 Å². The smallest absolute Gasteiger partial charge is 0.116 e. The van der Waals surface area contributed by atoms with E-state index in [-0.39, 0.29) is 5.41 Å². The van der Waals surface area contributed by atoms with Crippen LogP contribution in [0.4, 0.5) is 0 Å². The Labute approximate surface area is 337 Å². The molecule has 0 bridgehead atoms. The minimum absolute atomic E-state index is 0.237. The molecule has 2 heterocycles. The quantitative estimate of drug-likeness (QED) is 0.180. The Morgan fingerprint density at radius 3 is 1.78 bits per heavy atom. The van der Waals surface area contributed by atoms with E-state index < -0.39 is 0 Å². The summed E-state index contributed by atoms with van der Waals surface area (Å²) in [6, 6.07) is 62.3. The maximum atomic E-state index is 4.96. The first-order chi connectivity index (χ1) is 28.5. The molecular formula is C55H39N3. The molecule has 0 saturated heterocycles. The highest BCUT2D eigenvalue weighted by Gasteiger charge is 2.40. The molecule has 3 heteroatoms. The molecule has 0 amide bonds. The van der Waals surface area contributed by atoms with Gasteiger partial charge in [-0.3, -0.25) is 0 Å². The summed E-state index contributed by atoms with van der Waals surface area (Å²) in [4.78, 5) is 9.92. The number of hydrogen-bond donors (Lipinski definition) is 0. The number of nitrogens with zero attached hydrogens (tertiary/aromatic N) is 3. The van der Waals surface area contributed by atoms with E-state index >= 15 is 0 Å². The van der Waals surface area contributed by atoms with Crippen LogP contribution in [0.3, 0.4) is 0 Å². The van der Waals surface area contributed by atoms with Gasteiger partial charge < -0.3 is 4.57 Å². The molecule has 12 rings (SSSR count). The fourth-order valence-corrected chi connectivity index (χ4v) is 10.4. The minimum Gasteiger partial charge on any atom is -0.309 e. The summed E-state index contributed by atoms with van der Waals surface area (Å²) >= 11 is 0. The van der Waals surface area contributed by atoms with Crippen LogP contribution in [0.1, 0.15) is 47.2 Å². The Balaban J connectivity index is 1.19. The standard InChI is InChI=1S/C55H39N3/c1-55(2)46-26-13-11-24-42(46)49-44-31-39-28-36-20-9-10-21-37(36)29-40(39)32-45(44)50-43-25-12-14-27-47(43)58(54(50)51(49)55)41-23-15-22-38(30-41)48-52(34-16-5-3-6-17-34)56-33-57-53(48)35-18-7-4-8-19-35/h3-27,30-33H,28-29H2,1-2H3. The molecule has 0 radical (unpaired) electrons. The van der Waals surface area contributed by atoms with Gasteiger partial charge in [0.05, 0.1) is 22.4 Å². The average molecular weight is 742 g/mol. The van der Waals surface area contributed by atoms with E-state index in [0.717, 1.165) is 52.2 Å². The molecule has 0 unspecified atom stereocenters. The van der Waals surface area contributed by atoms with Crippen LogP contribution < -0.4 is 0 Å². The summed E-state index contributed by atoms with van der Waals surface area (Å²) in [6.07, 6.45) is 3.62. The van der Waals surface area contributed by atoms with E-state index in [2.05, 4.69) is 188 Å². The largest absolute Gasteiger partial charge is 0.309 e. The Hall–Kier alpha value is -7.10. The van der Waals surface area contributed by atoms with Crippen molar-refractivity contribution in [2.45, 2.75) is 32.1 Å². The Morgan fingerprint density at radius 1 is 0.483 bits per heavy atom. The molecule has 3 nitrogen and oxygen atoms in total. The van der Waals surface area contributed by atoms with E-state index in [1.54, 1.807) is 6.33 Å². The van der Waals surface area contributed by atoms with Crippen LogP contribution >= 0.6 is 0 Å². The molecule has 58 heavy (non-hydrogen) atoms. The van der Waals surface area contributed by atoms with Crippen LogP contribution in [0.25, 0.3) is 83.0 Å². The summed E-state index contributed by atoms with van der Waals surface area (Å²) in [6.45, 7) is 4.85. The molecule has 0 saturated carbocycles. The van der Waals surface area contributed by atoms with Crippen molar-refractivity contribution in [1.82, 2.24) is 14.5 Å². The molecule has 8 aromatic carbocycles. The van der Waals surface area contributed by atoms with Crippen molar-refractivity contribution in [3.05, 3.63) is 210 Å². The van der Waals surface area contributed by atoms with Gasteiger partial charge in [0.25, 0.3) is 0 Å². The Kier molecular flexibility index (Phi) is 7.10. The third-order valence-electron chi connectivity index (χ3n) is 12.9. The minimum atomic E-state index is -0.237. The van der Waals surface area contributed by atoms with Gasteiger partial charge in [0.1, 0.15) is 6.33 Å². The lowest BCUT2D eigenvalue weighted by Gasteiger charge is -2.26. The Morgan fingerprint density at radius 2 is 1.07 bits per heavy atom. The number of fused-ring (bicyclic) bond motifs is 12. The molecule has 0 spiro atoms. The zero-order valence-corrected chi connectivity index (χ0v) is 32.5. The topological polar surface area (TPSA) is 30.7 Å². The Bertz CT molecular complexity index is 3240. The highest BCUT2D eigenvalue weighted by molar-refractivity contribution is 6.27. The van der Waals surface area contributed by atoms with Crippen molar-refractivity contribution in [2.24, 2.45) is 0 Å². The molecular weight excluding hydrogens is 703 g/mol. The van der Waals surface area contributed by atoms with Crippen molar-refractivity contribution >= 4 is 32.6 Å². The first kappa shape index (κ1) is 33.1. The highest BCUT2D eigenvalue weighted by Crippen LogP contribution is 2.57. The van der Waals surface area contributed by atoms with Gasteiger partial charge >= 0.3 is 0 Å². The molecule has 274 valence electrons. The van der Waals surface area contributed by atoms with Gasteiger partial charge in [0.15, 0.2) is 0 Å². The van der Waals surface area contributed by atoms with Gasteiger partial charge in [0, 0.05) is 38.6 Å². The van der Waals surface area contributed by atoms with E-state index in [4.69, 9.17) is 9.97 Å². The first-order valence-corrected chi connectivity index (χ1v) is 20.3. The maximum Gasteiger partial charge on any atom is 0.116 e. The monoisotopic (exact) mass is 741 g/mol. The first-order valence-electron chi connectivity index (χ1n) is 20.3. The molecule has 0 atom stereocenters. The predicted octanol–water partition coefficient (Wildman–Crippen LogP) is 13.5. The van der Waals surface area contributed by atoms with E-state index in [0.29, 0.717) is 0 Å².